The second-order valence-corrected chi connectivity index (χ2v) is 7.77. The average molecular weight is 405 g/mol. The van der Waals surface area contributed by atoms with E-state index in [1.165, 1.54) is 6.08 Å². The third-order valence-electron chi connectivity index (χ3n) is 4.70. The van der Waals surface area contributed by atoms with Gasteiger partial charge in [-0.25, -0.2) is 0 Å². The predicted octanol–water partition coefficient (Wildman–Crippen LogP) is 3.50. The van der Waals surface area contributed by atoms with Crippen molar-refractivity contribution in [2.24, 2.45) is 5.92 Å². The molecule has 0 saturated heterocycles. The fourth-order valence-electron chi connectivity index (χ4n) is 2.71. The topological polar surface area (TPSA) is 87.3 Å². The Morgan fingerprint density at radius 3 is 2.47 bits per heavy atom. The molecule has 1 aliphatic carbocycles. The number of rotatable bonds is 8. The van der Waals surface area contributed by atoms with E-state index in [-0.39, 0.29) is 23.6 Å². The van der Waals surface area contributed by atoms with Gasteiger partial charge in [-0.05, 0) is 54.3 Å². The van der Waals surface area contributed by atoms with Gasteiger partial charge in [-0.15, -0.1) is 0 Å². The van der Waals surface area contributed by atoms with Crippen LogP contribution in [0.3, 0.4) is 0 Å². The van der Waals surface area contributed by atoms with Gasteiger partial charge >= 0.3 is 0 Å². The van der Waals surface area contributed by atoms with Gasteiger partial charge in [-0.1, -0.05) is 38.1 Å². The van der Waals surface area contributed by atoms with Crippen LogP contribution in [-0.2, 0) is 16.1 Å². The van der Waals surface area contributed by atoms with Gasteiger partial charge in [0.2, 0.25) is 11.8 Å². The van der Waals surface area contributed by atoms with Crippen molar-refractivity contribution in [1.29, 1.82) is 0 Å². The molecule has 1 aliphatic rings. The first-order valence-corrected chi connectivity index (χ1v) is 10.2. The van der Waals surface area contributed by atoms with Crippen LogP contribution in [-0.4, -0.2) is 23.8 Å². The molecule has 6 heteroatoms. The predicted molar refractivity (Wildman–Crippen MR) is 118 cm³/mol. The molecule has 0 spiro atoms. The SMILES string of the molecule is CC(C)C(=O)Nc1cccc(CNC(=O)/C=C/c2ccc(C(=O)NC3CC3)cc2)c1. The second kappa shape index (κ2) is 9.87. The van der Waals surface area contributed by atoms with E-state index >= 15 is 0 Å². The Morgan fingerprint density at radius 2 is 1.80 bits per heavy atom. The van der Waals surface area contributed by atoms with Crippen molar-refractivity contribution in [1.82, 2.24) is 10.6 Å². The summed E-state index contributed by atoms with van der Waals surface area (Å²) in [5.41, 5.74) is 3.06. The summed E-state index contributed by atoms with van der Waals surface area (Å²) < 4.78 is 0. The maximum atomic E-state index is 12.1. The number of hydrogen-bond acceptors (Lipinski definition) is 3. The quantitative estimate of drug-likeness (QED) is 0.588. The lowest BCUT2D eigenvalue weighted by Gasteiger charge is -2.09. The molecule has 1 fully saturated rings. The first-order chi connectivity index (χ1) is 14.4. The van der Waals surface area contributed by atoms with Gasteiger partial charge in [0.05, 0.1) is 0 Å². The van der Waals surface area contributed by atoms with Crippen LogP contribution in [0.1, 0.15) is 48.2 Å². The molecule has 3 N–H and O–H groups in total. The summed E-state index contributed by atoms with van der Waals surface area (Å²) >= 11 is 0. The third-order valence-corrected chi connectivity index (χ3v) is 4.70. The summed E-state index contributed by atoms with van der Waals surface area (Å²) in [6.07, 6.45) is 5.28. The lowest BCUT2D eigenvalue weighted by atomic mass is 10.1. The van der Waals surface area contributed by atoms with E-state index < -0.39 is 0 Å². The molecule has 0 unspecified atom stereocenters. The van der Waals surface area contributed by atoms with E-state index in [0.717, 1.165) is 24.0 Å². The minimum Gasteiger partial charge on any atom is -0.349 e. The Kier molecular flexibility index (Phi) is 7.01. The van der Waals surface area contributed by atoms with Gasteiger partial charge in [0.25, 0.3) is 5.91 Å². The van der Waals surface area contributed by atoms with Gasteiger partial charge < -0.3 is 16.0 Å². The van der Waals surface area contributed by atoms with Crippen LogP contribution in [0.5, 0.6) is 0 Å². The number of carbonyl (C=O) groups excluding carboxylic acids is 3. The highest BCUT2D eigenvalue weighted by Gasteiger charge is 2.23. The molecular weight excluding hydrogens is 378 g/mol. The molecule has 6 nitrogen and oxygen atoms in total. The highest BCUT2D eigenvalue weighted by molar-refractivity contribution is 5.95. The minimum atomic E-state index is -0.220. The monoisotopic (exact) mass is 405 g/mol. The number of benzene rings is 2. The first kappa shape index (κ1) is 21.3. The molecule has 2 aromatic rings. The fourth-order valence-corrected chi connectivity index (χ4v) is 2.71. The van der Waals surface area contributed by atoms with Gasteiger partial charge in [0, 0.05) is 35.8 Å². The lowest BCUT2D eigenvalue weighted by Crippen LogP contribution is -2.25. The van der Waals surface area contributed by atoms with Crippen LogP contribution < -0.4 is 16.0 Å². The van der Waals surface area contributed by atoms with Crippen molar-refractivity contribution in [3.63, 3.8) is 0 Å². The molecule has 0 aromatic heterocycles. The van der Waals surface area contributed by atoms with Crippen molar-refractivity contribution >= 4 is 29.5 Å². The largest absolute Gasteiger partial charge is 0.349 e. The van der Waals surface area contributed by atoms with Crippen molar-refractivity contribution in [2.45, 2.75) is 39.3 Å². The Hall–Kier alpha value is -3.41. The fraction of sp³-hybridized carbons (Fsp3) is 0.292. The molecule has 156 valence electrons. The Morgan fingerprint density at radius 1 is 1.07 bits per heavy atom. The molecule has 0 aliphatic heterocycles. The minimum absolute atomic E-state index is 0.0462. The highest BCUT2D eigenvalue weighted by Crippen LogP contribution is 2.19. The van der Waals surface area contributed by atoms with E-state index in [2.05, 4.69) is 16.0 Å². The molecule has 3 rings (SSSR count). The maximum absolute atomic E-state index is 12.1. The summed E-state index contributed by atoms with van der Waals surface area (Å²) in [6.45, 7) is 4.03. The Balaban J connectivity index is 1.48. The zero-order valence-corrected chi connectivity index (χ0v) is 17.3. The standard InChI is InChI=1S/C24H27N3O3/c1-16(2)23(29)27-21-5-3-4-18(14-21)15-25-22(28)13-8-17-6-9-19(10-7-17)24(30)26-20-11-12-20/h3-10,13-14,16,20H,11-12,15H2,1-2H3,(H,25,28)(H,26,30)(H,27,29)/b13-8+. The van der Waals surface area contributed by atoms with Crippen molar-refractivity contribution < 1.29 is 14.4 Å². The van der Waals surface area contributed by atoms with Crippen LogP contribution in [0.2, 0.25) is 0 Å². The summed E-state index contributed by atoms with van der Waals surface area (Å²) in [5, 5.41) is 8.62. The van der Waals surface area contributed by atoms with E-state index in [1.807, 2.05) is 50.2 Å². The Bertz CT molecular complexity index is 944. The van der Waals surface area contributed by atoms with Crippen molar-refractivity contribution in [3.05, 3.63) is 71.3 Å². The molecule has 0 bridgehead atoms. The van der Waals surface area contributed by atoms with E-state index in [4.69, 9.17) is 0 Å². The zero-order chi connectivity index (χ0) is 21.5. The van der Waals surface area contributed by atoms with Crippen LogP contribution >= 0.6 is 0 Å². The molecule has 1 saturated carbocycles. The summed E-state index contributed by atoms with van der Waals surface area (Å²) in [5.74, 6) is -0.421. The van der Waals surface area contributed by atoms with Crippen LogP contribution in [0.15, 0.2) is 54.6 Å². The van der Waals surface area contributed by atoms with Crippen LogP contribution in [0, 0.1) is 5.92 Å². The molecule has 0 heterocycles. The highest BCUT2D eigenvalue weighted by atomic mass is 16.2. The van der Waals surface area contributed by atoms with E-state index in [0.29, 0.717) is 23.8 Å². The van der Waals surface area contributed by atoms with E-state index in [9.17, 15) is 14.4 Å². The van der Waals surface area contributed by atoms with Gasteiger partial charge in [0.1, 0.15) is 0 Å². The lowest BCUT2D eigenvalue weighted by molar-refractivity contribution is -0.119. The van der Waals surface area contributed by atoms with Gasteiger partial charge in [-0.3, -0.25) is 14.4 Å². The van der Waals surface area contributed by atoms with Gasteiger partial charge in [0.15, 0.2) is 0 Å². The maximum Gasteiger partial charge on any atom is 0.251 e. The van der Waals surface area contributed by atoms with Crippen LogP contribution in [0.25, 0.3) is 6.08 Å². The number of amides is 3. The Labute approximate surface area is 176 Å². The number of nitrogens with one attached hydrogen (secondary N) is 3. The summed E-state index contributed by atoms with van der Waals surface area (Å²) in [4.78, 5) is 35.9. The zero-order valence-electron chi connectivity index (χ0n) is 17.3. The molecule has 30 heavy (non-hydrogen) atoms. The average Bonchev–Trinajstić information content (AvgIpc) is 3.55. The van der Waals surface area contributed by atoms with Crippen molar-refractivity contribution in [2.75, 3.05) is 5.32 Å². The molecular formula is C24H27N3O3. The van der Waals surface area contributed by atoms with E-state index in [1.54, 1.807) is 18.2 Å². The van der Waals surface area contributed by atoms with Crippen molar-refractivity contribution in [3.8, 4) is 0 Å². The van der Waals surface area contributed by atoms with Gasteiger partial charge in [-0.2, -0.15) is 0 Å². The smallest absolute Gasteiger partial charge is 0.251 e. The number of anilines is 1. The van der Waals surface area contributed by atoms with Crippen LogP contribution in [0.4, 0.5) is 5.69 Å². The molecule has 3 amide bonds. The molecule has 0 atom stereocenters. The summed E-state index contributed by atoms with van der Waals surface area (Å²) in [6, 6.07) is 14.9. The third kappa shape index (κ3) is 6.58. The first-order valence-electron chi connectivity index (χ1n) is 10.2. The molecule has 2 aromatic carbocycles. The number of hydrogen-bond donors (Lipinski definition) is 3. The molecule has 0 radical (unpaired) electrons. The second-order valence-electron chi connectivity index (χ2n) is 7.77. The number of carbonyl (C=O) groups is 3. The normalized spacial score (nSPS) is 13.3. The summed E-state index contributed by atoms with van der Waals surface area (Å²) in [7, 11) is 0.